The van der Waals surface area contributed by atoms with Crippen LogP contribution >= 0.6 is 11.8 Å². The molecule has 0 atom stereocenters. The second-order valence-electron chi connectivity index (χ2n) is 5.31. The number of pyridine rings is 1. The lowest BCUT2D eigenvalue weighted by Gasteiger charge is -2.23. The zero-order valence-electron chi connectivity index (χ0n) is 11.2. The van der Waals surface area contributed by atoms with Crippen molar-refractivity contribution in [3.05, 3.63) is 23.4 Å². The highest BCUT2D eigenvalue weighted by atomic mass is 32.2. The van der Waals surface area contributed by atoms with E-state index >= 15 is 0 Å². The van der Waals surface area contributed by atoms with Gasteiger partial charge < -0.3 is 4.90 Å². The first-order valence-electron chi connectivity index (χ1n) is 6.28. The molecule has 18 heavy (non-hydrogen) atoms. The van der Waals surface area contributed by atoms with Gasteiger partial charge in [0.2, 0.25) is 0 Å². The van der Waals surface area contributed by atoms with Crippen LogP contribution in [0.15, 0.2) is 12.1 Å². The van der Waals surface area contributed by atoms with Gasteiger partial charge in [0.05, 0.1) is 11.6 Å². The van der Waals surface area contributed by atoms with E-state index in [0.29, 0.717) is 10.3 Å². The monoisotopic (exact) mass is 261 g/mol. The van der Waals surface area contributed by atoms with Crippen LogP contribution in [0, 0.1) is 18.3 Å². The Kier molecular flexibility index (Phi) is 3.82. The van der Waals surface area contributed by atoms with E-state index in [2.05, 4.69) is 29.8 Å². The third-order valence-electron chi connectivity index (χ3n) is 3.23. The molecular weight excluding hydrogens is 242 g/mol. The molecule has 1 aromatic rings. The van der Waals surface area contributed by atoms with Crippen molar-refractivity contribution in [1.82, 2.24) is 4.98 Å². The summed E-state index contributed by atoms with van der Waals surface area (Å²) in [6.45, 7) is 8.56. The fraction of sp³-hybridized carbons (Fsp3) is 0.571. The highest BCUT2D eigenvalue weighted by molar-refractivity contribution is 8.00. The zero-order valence-corrected chi connectivity index (χ0v) is 12.0. The molecule has 0 aromatic carbocycles. The molecule has 96 valence electrons. The molecule has 2 heterocycles. The van der Waals surface area contributed by atoms with E-state index in [-0.39, 0.29) is 0 Å². The molecule has 0 N–H and O–H groups in total. The van der Waals surface area contributed by atoms with E-state index in [1.807, 2.05) is 30.8 Å². The fourth-order valence-electron chi connectivity index (χ4n) is 2.13. The number of nitriles is 1. The first kappa shape index (κ1) is 13.2. The summed E-state index contributed by atoms with van der Waals surface area (Å²) in [6.07, 6.45) is 1.15. The second-order valence-corrected chi connectivity index (χ2v) is 7.11. The molecule has 0 unspecified atom stereocenters. The van der Waals surface area contributed by atoms with Crippen LogP contribution in [-0.2, 0) is 0 Å². The van der Waals surface area contributed by atoms with E-state index < -0.39 is 0 Å². The third-order valence-corrected chi connectivity index (χ3v) is 4.60. The van der Waals surface area contributed by atoms with Crippen molar-refractivity contribution in [3.8, 4) is 6.07 Å². The Balaban J connectivity index is 2.21. The second kappa shape index (κ2) is 5.19. The van der Waals surface area contributed by atoms with E-state index in [0.717, 1.165) is 36.8 Å². The molecular formula is C14H19N3S. The predicted molar refractivity (Wildman–Crippen MR) is 77.1 cm³/mol. The first-order valence-corrected chi connectivity index (χ1v) is 7.26. The Hall–Kier alpha value is -1.21. The smallest absolute Gasteiger partial charge is 0.130 e. The van der Waals surface area contributed by atoms with Gasteiger partial charge in [-0.25, -0.2) is 4.98 Å². The van der Waals surface area contributed by atoms with E-state index in [1.54, 1.807) is 0 Å². The number of aryl methyl sites for hydroxylation is 1. The molecule has 4 heteroatoms. The van der Waals surface area contributed by atoms with Gasteiger partial charge in [0, 0.05) is 29.3 Å². The van der Waals surface area contributed by atoms with Gasteiger partial charge in [-0.2, -0.15) is 17.0 Å². The minimum absolute atomic E-state index is 0.344. The summed E-state index contributed by atoms with van der Waals surface area (Å²) in [5.41, 5.74) is 1.62. The summed E-state index contributed by atoms with van der Waals surface area (Å²) in [7, 11) is 0. The average Bonchev–Trinajstić information content (AvgIpc) is 2.49. The molecule has 1 fully saturated rings. The minimum Gasteiger partial charge on any atom is -0.356 e. The van der Waals surface area contributed by atoms with Gasteiger partial charge in [-0.1, -0.05) is 13.8 Å². The van der Waals surface area contributed by atoms with Crippen molar-refractivity contribution < 1.29 is 0 Å². The lowest BCUT2D eigenvalue weighted by molar-refractivity contribution is 0.635. The van der Waals surface area contributed by atoms with Gasteiger partial charge in [-0.05, 0) is 25.5 Å². The van der Waals surface area contributed by atoms with Crippen molar-refractivity contribution >= 4 is 17.6 Å². The van der Waals surface area contributed by atoms with Crippen LogP contribution in [0.1, 0.15) is 31.5 Å². The van der Waals surface area contributed by atoms with Gasteiger partial charge in [-0.3, -0.25) is 0 Å². The summed E-state index contributed by atoms with van der Waals surface area (Å²) < 4.78 is 0.344. The maximum absolute atomic E-state index is 9.02. The van der Waals surface area contributed by atoms with Crippen molar-refractivity contribution in [2.24, 2.45) is 0 Å². The highest BCUT2D eigenvalue weighted by Gasteiger charge is 2.24. The molecule has 1 saturated heterocycles. The molecule has 0 aliphatic carbocycles. The maximum Gasteiger partial charge on any atom is 0.130 e. The lowest BCUT2D eigenvalue weighted by atomic mass is 10.1. The number of hydrogen-bond donors (Lipinski definition) is 0. The van der Waals surface area contributed by atoms with E-state index in [4.69, 9.17) is 5.26 Å². The topological polar surface area (TPSA) is 39.9 Å². The molecule has 0 spiro atoms. The van der Waals surface area contributed by atoms with Crippen molar-refractivity contribution in [2.45, 2.75) is 31.9 Å². The van der Waals surface area contributed by atoms with E-state index in [9.17, 15) is 0 Å². The number of anilines is 1. The Morgan fingerprint density at radius 3 is 2.89 bits per heavy atom. The molecule has 0 saturated carbocycles. The molecule has 1 aromatic heterocycles. The Morgan fingerprint density at radius 2 is 2.17 bits per heavy atom. The van der Waals surface area contributed by atoms with Crippen LogP contribution in [-0.4, -0.2) is 28.6 Å². The molecule has 0 amide bonds. The molecule has 0 bridgehead atoms. The van der Waals surface area contributed by atoms with Gasteiger partial charge in [0.25, 0.3) is 0 Å². The van der Waals surface area contributed by atoms with Crippen LogP contribution in [0.25, 0.3) is 0 Å². The van der Waals surface area contributed by atoms with Gasteiger partial charge in [0.1, 0.15) is 5.82 Å². The SMILES string of the molecule is Cc1cc(C#N)cc(N2CCSC(C)(C)CC2)n1. The zero-order chi connectivity index (χ0) is 13.2. The van der Waals surface area contributed by atoms with Crippen molar-refractivity contribution in [1.29, 1.82) is 5.26 Å². The Bertz CT molecular complexity index is 476. The van der Waals surface area contributed by atoms with Crippen LogP contribution in [0.4, 0.5) is 5.82 Å². The number of hydrogen-bond acceptors (Lipinski definition) is 4. The number of aromatic nitrogens is 1. The van der Waals surface area contributed by atoms with Crippen molar-refractivity contribution in [3.63, 3.8) is 0 Å². The summed E-state index contributed by atoms with van der Waals surface area (Å²) in [6, 6.07) is 5.94. The van der Waals surface area contributed by atoms with Gasteiger partial charge in [0.15, 0.2) is 0 Å². The van der Waals surface area contributed by atoms with Crippen LogP contribution in [0.5, 0.6) is 0 Å². The fourth-order valence-corrected chi connectivity index (χ4v) is 3.23. The third kappa shape index (κ3) is 3.17. The summed E-state index contributed by atoms with van der Waals surface area (Å²) in [4.78, 5) is 6.86. The van der Waals surface area contributed by atoms with Crippen LogP contribution in [0.3, 0.4) is 0 Å². The quantitative estimate of drug-likeness (QED) is 0.779. The normalized spacial score (nSPS) is 19.1. The molecule has 3 nitrogen and oxygen atoms in total. The van der Waals surface area contributed by atoms with Gasteiger partial charge >= 0.3 is 0 Å². The van der Waals surface area contributed by atoms with E-state index in [1.165, 1.54) is 0 Å². The minimum atomic E-state index is 0.344. The summed E-state index contributed by atoms with van der Waals surface area (Å²) >= 11 is 2.02. The van der Waals surface area contributed by atoms with Crippen molar-refractivity contribution in [2.75, 3.05) is 23.7 Å². The standard InChI is InChI=1S/C14H19N3S/c1-11-8-12(10-15)9-13(16-11)17-5-4-14(2,3)18-7-6-17/h8-9H,4-7H2,1-3H3. The summed E-state index contributed by atoms with van der Waals surface area (Å²) in [5, 5.41) is 9.02. The van der Waals surface area contributed by atoms with Gasteiger partial charge in [-0.15, -0.1) is 0 Å². The lowest BCUT2D eigenvalue weighted by Crippen LogP contribution is -2.28. The molecule has 0 radical (unpaired) electrons. The number of rotatable bonds is 1. The first-order chi connectivity index (χ1) is 8.50. The predicted octanol–water partition coefficient (Wildman–Crippen LogP) is 2.98. The average molecular weight is 261 g/mol. The maximum atomic E-state index is 9.02. The number of thioether (sulfide) groups is 1. The largest absolute Gasteiger partial charge is 0.356 e. The number of nitrogens with zero attached hydrogens (tertiary/aromatic N) is 3. The molecule has 2 rings (SSSR count). The van der Waals surface area contributed by atoms with Crippen LogP contribution in [0.2, 0.25) is 0 Å². The Labute approximate surface area is 113 Å². The Morgan fingerprint density at radius 1 is 1.39 bits per heavy atom. The highest BCUT2D eigenvalue weighted by Crippen LogP contribution is 2.32. The summed E-state index contributed by atoms with van der Waals surface area (Å²) in [5.74, 6) is 2.06. The van der Waals surface area contributed by atoms with Crippen LogP contribution < -0.4 is 4.90 Å². The molecule has 1 aliphatic rings. The molecule has 1 aliphatic heterocycles.